The first-order valence-corrected chi connectivity index (χ1v) is 9.29. The Hall–Kier alpha value is -3.07. The van der Waals surface area contributed by atoms with E-state index in [0.29, 0.717) is 23.5 Å². The van der Waals surface area contributed by atoms with Crippen LogP contribution in [0, 0.1) is 11.3 Å². The molecule has 0 aromatic heterocycles. The second kappa shape index (κ2) is 11.7. The third kappa shape index (κ3) is 7.11. The molecule has 0 atom stereocenters. The van der Waals surface area contributed by atoms with E-state index in [9.17, 15) is 0 Å². The van der Waals surface area contributed by atoms with Crippen molar-refractivity contribution in [1.29, 1.82) is 5.26 Å². The first-order valence-electron chi connectivity index (χ1n) is 9.29. The quantitative estimate of drug-likeness (QED) is 0.315. The first-order chi connectivity index (χ1) is 14.1. The van der Waals surface area contributed by atoms with Crippen molar-refractivity contribution in [1.82, 2.24) is 0 Å². The van der Waals surface area contributed by atoms with Crippen molar-refractivity contribution in [3.63, 3.8) is 0 Å². The summed E-state index contributed by atoms with van der Waals surface area (Å²) >= 11 is 0. The zero-order valence-electron chi connectivity index (χ0n) is 17.4. The highest BCUT2D eigenvalue weighted by Crippen LogP contribution is 2.33. The standard InChI is InChI=1S/C24H27NO4/c1-18(2)5-12-22-23(28-16-26-3)13-21(14-24(22)29-17-27-4)11-8-19-6-9-20(15-25)10-7-19/h5-11,13-14H,12,16-17H2,1-4H3/b11-8+. The van der Waals surface area contributed by atoms with Gasteiger partial charge in [-0.2, -0.15) is 5.26 Å². The molecule has 0 spiro atoms. The zero-order valence-corrected chi connectivity index (χ0v) is 17.4. The molecule has 152 valence electrons. The molecule has 5 heteroatoms. The maximum Gasteiger partial charge on any atom is 0.188 e. The Morgan fingerprint density at radius 2 is 1.45 bits per heavy atom. The molecule has 29 heavy (non-hydrogen) atoms. The zero-order chi connectivity index (χ0) is 21.1. The predicted octanol–water partition coefficient (Wildman–Crippen LogP) is 5.20. The Kier molecular flexibility index (Phi) is 8.97. The lowest BCUT2D eigenvalue weighted by atomic mass is 10.0. The van der Waals surface area contributed by atoms with Crippen LogP contribution < -0.4 is 9.47 Å². The molecule has 0 aliphatic heterocycles. The van der Waals surface area contributed by atoms with Crippen molar-refractivity contribution in [2.75, 3.05) is 27.8 Å². The summed E-state index contributed by atoms with van der Waals surface area (Å²) in [7, 11) is 3.18. The normalized spacial score (nSPS) is 10.6. The molecule has 0 saturated carbocycles. The Morgan fingerprint density at radius 3 is 1.93 bits per heavy atom. The molecule has 0 N–H and O–H groups in total. The van der Waals surface area contributed by atoms with Crippen molar-refractivity contribution in [3.05, 3.63) is 70.3 Å². The average Bonchev–Trinajstić information content (AvgIpc) is 2.73. The van der Waals surface area contributed by atoms with Gasteiger partial charge in [0.2, 0.25) is 0 Å². The van der Waals surface area contributed by atoms with Crippen molar-refractivity contribution in [2.24, 2.45) is 0 Å². The van der Waals surface area contributed by atoms with Crippen LogP contribution in [-0.4, -0.2) is 27.8 Å². The predicted molar refractivity (Wildman–Crippen MR) is 115 cm³/mol. The molecule has 2 aromatic rings. The summed E-state index contributed by atoms with van der Waals surface area (Å²) in [6, 6.07) is 13.5. The van der Waals surface area contributed by atoms with Gasteiger partial charge in [-0.15, -0.1) is 0 Å². The SMILES string of the molecule is COCOc1cc(/C=C/c2ccc(C#N)cc2)cc(OCOC)c1CC=C(C)C. The van der Waals surface area contributed by atoms with Gasteiger partial charge in [0.05, 0.1) is 11.6 Å². The minimum absolute atomic E-state index is 0.147. The van der Waals surface area contributed by atoms with E-state index >= 15 is 0 Å². The van der Waals surface area contributed by atoms with Crippen LogP contribution in [0.15, 0.2) is 48.0 Å². The Bertz CT molecular complexity index is 859. The number of rotatable bonds is 10. The number of methoxy groups -OCH3 is 2. The fourth-order valence-electron chi connectivity index (χ4n) is 2.61. The number of nitrogens with zero attached hydrogens (tertiary/aromatic N) is 1. The second-order valence-electron chi connectivity index (χ2n) is 6.65. The molecular formula is C24H27NO4. The largest absolute Gasteiger partial charge is 0.467 e. The van der Waals surface area contributed by atoms with E-state index in [1.54, 1.807) is 26.4 Å². The van der Waals surface area contributed by atoms with Gasteiger partial charge in [-0.1, -0.05) is 35.9 Å². The van der Waals surface area contributed by atoms with E-state index in [2.05, 4.69) is 26.0 Å². The average molecular weight is 393 g/mol. The Morgan fingerprint density at radius 1 is 0.897 bits per heavy atom. The summed E-state index contributed by atoms with van der Waals surface area (Å²) in [6.07, 6.45) is 6.76. The summed E-state index contributed by atoms with van der Waals surface area (Å²) in [4.78, 5) is 0. The molecule has 0 amide bonds. The summed E-state index contributed by atoms with van der Waals surface area (Å²) in [5.74, 6) is 1.41. The van der Waals surface area contributed by atoms with Gasteiger partial charge in [-0.3, -0.25) is 0 Å². The van der Waals surface area contributed by atoms with Crippen LogP contribution in [0.25, 0.3) is 12.2 Å². The molecule has 0 saturated heterocycles. The summed E-state index contributed by atoms with van der Waals surface area (Å²) in [6.45, 7) is 4.41. The van der Waals surface area contributed by atoms with Crippen LogP contribution in [-0.2, 0) is 15.9 Å². The Labute approximate surface area is 172 Å². The molecule has 0 unspecified atom stereocenters. The minimum Gasteiger partial charge on any atom is -0.467 e. The summed E-state index contributed by atoms with van der Waals surface area (Å²) in [5, 5.41) is 8.92. The lowest BCUT2D eigenvalue weighted by molar-refractivity contribution is 0.0448. The second-order valence-corrected chi connectivity index (χ2v) is 6.65. The van der Waals surface area contributed by atoms with Gasteiger partial charge in [-0.05, 0) is 55.7 Å². The van der Waals surface area contributed by atoms with Gasteiger partial charge in [-0.25, -0.2) is 0 Å². The number of allylic oxidation sites excluding steroid dienone is 2. The van der Waals surface area contributed by atoms with E-state index < -0.39 is 0 Å². The molecule has 2 aromatic carbocycles. The first kappa shape index (κ1) is 22.2. The van der Waals surface area contributed by atoms with Crippen LogP contribution in [0.4, 0.5) is 0 Å². The number of ether oxygens (including phenoxy) is 4. The van der Waals surface area contributed by atoms with Crippen LogP contribution >= 0.6 is 0 Å². The smallest absolute Gasteiger partial charge is 0.188 e. The maximum absolute atomic E-state index is 8.92. The molecule has 0 radical (unpaired) electrons. The molecule has 2 rings (SSSR count). The van der Waals surface area contributed by atoms with Gasteiger partial charge in [0.25, 0.3) is 0 Å². The van der Waals surface area contributed by atoms with Gasteiger partial charge in [0.15, 0.2) is 13.6 Å². The summed E-state index contributed by atoms with van der Waals surface area (Å²) < 4.78 is 21.8. The number of hydrogen-bond acceptors (Lipinski definition) is 5. The van der Waals surface area contributed by atoms with Gasteiger partial charge in [0.1, 0.15) is 11.5 Å². The van der Waals surface area contributed by atoms with Crippen LogP contribution in [0.3, 0.4) is 0 Å². The molecule has 0 bridgehead atoms. The Balaban J connectivity index is 2.40. The van der Waals surface area contributed by atoms with Gasteiger partial charge >= 0.3 is 0 Å². The van der Waals surface area contributed by atoms with Crippen LogP contribution in [0.5, 0.6) is 11.5 Å². The van der Waals surface area contributed by atoms with Gasteiger partial charge in [0, 0.05) is 19.8 Å². The van der Waals surface area contributed by atoms with Crippen LogP contribution in [0.2, 0.25) is 0 Å². The van der Waals surface area contributed by atoms with E-state index in [4.69, 9.17) is 24.2 Å². The van der Waals surface area contributed by atoms with Crippen molar-refractivity contribution >= 4 is 12.2 Å². The highest BCUT2D eigenvalue weighted by Gasteiger charge is 2.13. The molecule has 0 aliphatic rings. The molecule has 5 nitrogen and oxygen atoms in total. The van der Waals surface area contributed by atoms with E-state index in [1.807, 2.05) is 36.4 Å². The van der Waals surface area contributed by atoms with Gasteiger partial charge < -0.3 is 18.9 Å². The summed E-state index contributed by atoms with van der Waals surface area (Å²) in [5.41, 5.74) is 4.71. The van der Waals surface area contributed by atoms with Crippen LogP contribution in [0.1, 0.15) is 36.1 Å². The van der Waals surface area contributed by atoms with E-state index in [-0.39, 0.29) is 13.6 Å². The topological polar surface area (TPSA) is 60.7 Å². The number of nitriles is 1. The third-order valence-electron chi connectivity index (χ3n) is 4.08. The highest BCUT2D eigenvalue weighted by molar-refractivity contribution is 5.72. The molecule has 0 fully saturated rings. The van der Waals surface area contributed by atoms with Crippen molar-refractivity contribution in [2.45, 2.75) is 20.3 Å². The molecule has 0 aliphatic carbocycles. The fourth-order valence-corrected chi connectivity index (χ4v) is 2.61. The molecular weight excluding hydrogens is 366 g/mol. The van der Waals surface area contributed by atoms with Crippen molar-refractivity contribution in [3.8, 4) is 17.6 Å². The fraction of sp³-hybridized carbons (Fsp3) is 0.292. The lowest BCUT2D eigenvalue weighted by Crippen LogP contribution is -2.06. The third-order valence-corrected chi connectivity index (χ3v) is 4.08. The van der Waals surface area contributed by atoms with Crippen molar-refractivity contribution < 1.29 is 18.9 Å². The monoisotopic (exact) mass is 393 g/mol. The number of hydrogen-bond donors (Lipinski definition) is 0. The highest BCUT2D eigenvalue weighted by atomic mass is 16.7. The van der Waals surface area contributed by atoms with E-state index in [0.717, 1.165) is 16.7 Å². The molecule has 0 heterocycles. The minimum atomic E-state index is 0.147. The maximum atomic E-state index is 8.92. The van der Waals surface area contributed by atoms with E-state index in [1.165, 1.54) is 5.57 Å². The lowest BCUT2D eigenvalue weighted by Gasteiger charge is -2.16. The number of benzene rings is 2.